The molecule has 0 atom stereocenters. The van der Waals surface area contributed by atoms with Gasteiger partial charge in [0.25, 0.3) is 0 Å². The minimum absolute atomic E-state index is 0.633. The molecule has 1 aliphatic rings. The lowest BCUT2D eigenvalue weighted by molar-refractivity contribution is 0.0335. The predicted octanol–water partition coefficient (Wildman–Crippen LogP) is 3.14. The monoisotopic (exact) mass is 292 g/mol. The molecule has 1 aliphatic heterocycles. The number of halogens is 1. The Balaban J connectivity index is 1.80. The normalized spacial score (nSPS) is 16.5. The molecular formula is C15H17ClN2O2. The van der Waals surface area contributed by atoms with E-state index in [1.165, 1.54) is 0 Å². The average molecular weight is 293 g/mol. The molecular weight excluding hydrogens is 276 g/mol. The predicted molar refractivity (Wildman–Crippen MR) is 77.8 cm³/mol. The smallest absolute Gasteiger partial charge is 0.226 e. The van der Waals surface area contributed by atoms with Gasteiger partial charge in [0, 0.05) is 30.2 Å². The minimum Gasteiger partial charge on any atom is -0.441 e. The molecule has 2 heterocycles. The van der Waals surface area contributed by atoms with Gasteiger partial charge in [-0.15, -0.1) is 0 Å². The first-order valence-corrected chi connectivity index (χ1v) is 7.12. The number of morpholine rings is 1. The van der Waals surface area contributed by atoms with E-state index in [4.69, 9.17) is 20.8 Å². The number of hydrogen-bond acceptors (Lipinski definition) is 4. The van der Waals surface area contributed by atoms with E-state index in [2.05, 4.69) is 9.88 Å². The zero-order valence-electron chi connectivity index (χ0n) is 11.4. The number of benzene rings is 1. The van der Waals surface area contributed by atoms with Gasteiger partial charge in [-0.25, -0.2) is 4.98 Å². The van der Waals surface area contributed by atoms with Crippen LogP contribution in [0.25, 0.3) is 11.5 Å². The molecule has 0 unspecified atom stereocenters. The topological polar surface area (TPSA) is 38.5 Å². The average Bonchev–Trinajstić information content (AvgIpc) is 2.81. The van der Waals surface area contributed by atoms with E-state index in [1.54, 1.807) is 0 Å². The number of aromatic nitrogens is 1. The summed E-state index contributed by atoms with van der Waals surface area (Å²) in [6.07, 6.45) is 0. The van der Waals surface area contributed by atoms with Crippen molar-refractivity contribution in [1.29, 1.82) is 0 Å². The van der Waals surface area contributed by atoms with E-state index in [1.807, 2.05) is 31.2 Å². The lowest BCUT2D eigenvalue weighted by Gasteiger charge is -2.25. The Labute approximate surface area is 123 Å². The second-order valence-corrected chi connectivity index (χ2v) is 5.36. The fraction of sp³-hybridized carbons (Fsp3) is 0.400. The highest BCUT2D eigenvalue weighted by Gasteiger charge is 2.16. The molecule has 0 amide bonds. The maximum atomic E-state index is 6.01. The van der Waals surface area contributed by atoms with Crippen molar-refractivity contribution in [1.82, 2.24) is 9.88 Å². The maximum absolute atomic E-state index is 6.01. The molecule has 0 radical (unpaired) electrons. The largest absolute Gasteiger partial charge is 0.441 e. The highest BCUT2D eigenvalue weighted by atomic mass is 35.5. The van der Waals surface area contributed by atoms with Crippen LogP contribution >= 0.6 is 11.6 Å². The fourth-order valence-corrected chi connectivity index (χ4v) is 2.48. The lowest BCUT2D eigenvalue weighted by atomic mass is 10.2. The van der Waals surface area contributed by atoms with Crippen LogP contribution in [0, 0.1) is 6.92 Å². The summed E-state index contributed by atoms with van der Waals surface area (Å²) in [6.45, 7) is 6.23. The molecule has 0 aliphatic carbocycles. The first-order valence-electron chi connectivity index (χ1n) is 6.75. The number of rotatable bonds is 3. The molecule has 1 aromatic carbocycles. The Kier molecular flexibility index (Phi) is 4.05. The van der Waals surface area contributed by atoms with Crippen molar-refractivity contribution in [3.05, 3.63) is 40.7 Å². The van der Waals surface area contributed by atoms with Crippen LogP contribution < -0.4 is 0 Å². The van der Waals surface area contributed by atoms with Crippen molar-refractivity contribution in [2.45, 2.75) is 13.5 Å². The Morgan fingerprint density at radius 3 is 2.85 bits per heavy atom. The van der Waals surface area contributed by atoms with Gasteiger partial charge in [0.2, 0.25) is 5.89 Å². The van der Waals surface area contributed by atoms with Gasteiger partial charge >= 0.3 is 0 Å². The fourth-order valence-electron chi connectivity index (χ4n) is 2.29. The van der Waals surface area contributed by atoms with Gasteiger partial charge in [0.15, 0.2) is 0 Å². The maximum Gasteiger partial charge on any atom is 0.226 e. The SMILES string of the molecule is Cc1oc(-c2cccc(Cl)c2)nc1CN1CCOCC1. The van der Waals surface area contributed by atoms with Crippen LogP contribution in [0.2, 0.25) is 5.02 Å². The third kappa shape index (κ3) is 3.03. The van der Waals surface area contributed by atoms with Crippen LogP contribution in [0.3, 0.4) is 0 Å². The Bertz CT molecular complexity index is 591. The summed E-state index contributed by atoms with van der Waals surface area (Å²) >= 11 is 6.01. The van der Waals surface area contributed by atoms with Crippen molar-refractivity contribution in [3.8, 4) is 11.5 Å². The molecule has 1 fully saturated rings. The third-order valence-corrected chi connectivity index (χ3v) is 3.68. The van der Waals surface area contributed by atoms with Crippen molar-refractivity contribution < 1.29 is 9.15 Å². The molecule has 106 valence electrons. The van der Waals surface area contributed by atoms with Gasteiger partial charge < -0.3 is 9.15 Å². The molecule has 3 rings (SSSR count). The number of ether oxygens (including phenoxy) is 1. The van der Waals surface area contributed by atoms with E-state index in [0.717, 1.165) is 49.9 Å². The van der Waals surface area contributed by atoms with Crippen molar-refractivity contribution >= 4 is 11.6 Å². The molecule has 5 heteroatoms. The number of aryl methyl sites for hydroxylation is 1. The van der Waals surface area contributed by atoms with Crippen molar-refractivity contribution in [2.24, 2.45) is 0 Å². The van der Waals surface area contributed by atoms with Crippen LogP contribution in [0.4, 0.5) is 0 Å². The second-order valence-electron chi connectivity index (χ2n) is 4.92. The molecule has 0 saturated carbocycles. The number of hydrogen-bond donors (Lipinski definition) is 0. The van der Waals surface area contributed by atoms with E-state index in [9.17, 15) is 0 Å². The van der Waals surface area contributed by atoms with Gasteiger partial charge in [-0.05, 0) is 25.1 Å². The summed E-state index contributed by atoms with van der Waals surface area (Å²) in [6, 6.07) is 7.56. The van der Waals surface area contributed by atoms with Crippen LogP contribution in [0.1, 0.15) is 11.5 Å². The zero-order chi connectivity index (χ0) is 13.9. The third-order valence-electron chi connectivity index (χ3n) is 3.44. The molecule has 0 bridgehead atoms. The summed E-state index contributed by atoms with van der Waals surface area (Å²) in [7, 11) is 0. The van der Waals surface area contributed by atoms with Crippen molar-refractivity contribution in [2.75, 3.05) is 26.3 Å². The highest BCUT2D eigenvalue weighted by molar-refractivity contribution is 6.30. The highest BCUT2D eigenvalue weighted by Crippen LogP contribution is 2.25. The Morgan fingerprint density at radius 2 is 2.10 bits per heavy atom. The Morgan fingerprint density at radius 1 is 1.30 bits per heavy atom. The van der Waals surface area contributed by atoms with Crippen molar-refractivity contribution in [3.63, 3.8) is 0 Å². The molecule has 0 spiro atoms. The van der Waals surface area contributed by atoms with Gasteiger partial charge in [0.05, 0.1) is 18.9 Å². The first-order chi connectivity index (χ1) is 9.72. The van der Waals surface area contributed by atoms with E-state index < -0.39 is 0 Å². The van der Waals surface area contributed by atoms with Crippen LogP contribution in [0.15, 0.2) is 28.7 Å². The Hall–Kier alpha value is -1.36. The van der Waals surface area contributed by atoms with E-state index in [-0.39, 0.29) is 0 Å². The van der Waals surface area contributed by atoms with E-state index in [0.29, 0.717) is 10.9 Å². The molecule has 20 heavy (non-hydrogen) atoms. The summed E-state index contributed by atoms with van der Waals surface area (Å²) in [5.41, 5.74) is 1.90. The van der Waals surface area contributed by atoms with Crippen LogP contribution in [-0.4, -0.2) is 36.2 Å². The van der Waals surface area contributed by atoms with Gasteiger partial charge in [-0.3, -0.25) is 4.90 Å². The second kappa shape index (κ2) is 5.95. The van der Waals surface area contributed by atoms with Gasteiger partial charge in [0.1, 0.15) is 5.76 Å². The number of oxazole rings is 1. The quantitative estimate of drug-likeness (QED) is 0.871. The molecule has 1 saturated heterocycles. The molecule has 4 nitrogen and oxygen atoms in total. The molecule has 1 aromatic heterocycles. The van der Waals surface area contributed by atoms with Crippen LogP contribution in [-0.2, 0) is 11.3 Å². The minimum atomic E-state index is 0.633. The molecule has 0 N–H and O–H groups in total. The standard InChI is InChI=1S/C15H17ClN2O2/c1-11-14(10-18-5-7-19-8-6-18)17-15(20-11)12-3-2-4-13(16)9-12/h2-4,9H,5-8,10H2,1H3. The lowest BCUT2D eigenvalue weighted by Crippen LogP contribution is -2.35. The van der Waals surface area contributed by atoms with Gasteiger partial charge in [-0.1, -0.05) is 17.7 Å². The summed E-state index contributed by atoms with van der Waals surface area (Å²) in [4.78, 5) is 6.94. The summed E-state index contributed by atoms with van der Waals surface area (Å²) in [5.74, 6) is 1.50. The first kappa shape index (κ1) is 13.6. The van der Waals surface area contributed by atoms with Crippen LogP contribution in [0.5, 0.6) is 0 Å². The summed E-state index contributed by atoms with van der Waals surface area (Å²) < 4.78 is 11.1. The number of nitrogens with zero attached hydrogens (tertiary/aromatic N) is 2. The van der Waals surface area contributed by atoms with Gasteiger partial charge in [-0.2, -0.15) is 0 Å². The zero-order valence-corrected chi connectivity index (χ0v) is 12.2. The summed E-state index contributed by atoms with van der Waals surface area (Å²) in [5, 5.41) is 0.688. The van der Waals surface area contributed by atoms with E-state index >= 15 is 0 Å². The molecule has 2 aromatic rings.